The largest absolute Gasteiger partial charge is 0.478 e. The third kappa shape index (κ3) is 3.16. The van der Waals surface area contributed by atoms with Crippen molar-refractivity contribution in [3.63, 3.8) is 0 Å². The molecule has 0 unspecified atom stereocenters. The van der Waals surface area contributed by atoms with Gasteiger partial charge in [-0.2, -0.15) is 0 Å². The normalized spacial score (nSPS) is 10.8. The maximum atomic E-state index is 11.3. The second-order valence-corrected chi connectivity index (χ2v) is 5.48. The molecule has 0 aromatic carbocycles. The Balaban J connectivity index is 2.13. The summed E-state index contributed by atoms with van der Waals surface area (Å²) in [4.78, 5) is 23.9. The molecular formula is C13H16N4O2S. The van der Waals surface area contributed by atoms with Crippen molar-refractivity contribution in [2.24, 2.45) is 7.05 Å². The van der Waals surface area contributed by atoms with Crippen molar-refractivity contribution in [1.29, 1.82) is 0 Å². The molecule has 0 atom stereocenters. The van der Waals surface area contributed by atoms with Gasteiger partial charge in [0.2, 0.25) is 0 Å². The lowest BCUT2D eigenvalue weighted by Crippen LogP contribution is -2.09. The Labute approximate surface area is 121 Å². The summed E-state index contributed by atoms with van der Waals surface area (Å²) < 4.78 is 1.95. The molecule has 0 aliphatic heterocycles. The van der Waals surface area contributed by atoms with Crippen LogP contribution in [0.1, 0.15) is 27.7 Å². The summed E-state index contributed by atoms with van der Waals surface area (Å²) in [6.07, 6.45) is 4.40. The topological polar surface area (TPSA) is 80.9 Å². The van der Waals surface area contributed by atoms with Crippen molar-refractivity contribution >= 4 is 17.7 Å². The van der Waals surface area contributed by atoms with E-state index in [1.54, 1.807) is 20.0 Å². The summed E-state index contributed by atoms with van der Waals surface area (Å²) in [7, 11) is 1.94. The highest BCUT2D eigenvalue weighted by Gasteiger charge is 2.17. The number of carbonyl (C=O) groups is 1. The zero-order valence-electron chi connectivity index (χ0n) is 11.6. The number of hydrogen-bond acceptors (Lipinski definition) is 5. The van der Waals surface area contributed by atoms with Crippen LogP contribution in [-0.4, -0.2) is 36.3 Å². The number of hydrogen-bond donors (Lipinski definition) is 1. The molecule has 0 radical (unpaired) electrons. The standard InChI is InChI=1S/C13H16N4O2S/c1-8-11(13(18)19)12(16-9(2)15-8)20-7-4-10-14-5-6-17(10)3/h5-6H,4,7H2,1-3H3,(H,18,19). The number of carboxylic acids is 1. The van der Waals surface area contributed by atoms with E-state index in [4.69, 9.17) is 0 Å². The molecule has 0 saturated heterocycles. The molecule has 2 aromatic heterocycles. The Morgan fingerprint density at radius 2 is 2.15 bits per heavy atom. The molecule has 20 heavy (non-hydrogen) atoms. The van der Waals surface area contributed by atoms with Gasteiger partial charge >= 0.3 is 5.97 Å². The highest BCUT2D eigenvalue weighted by atomic mass is 32.2. The van der Waals surface area contributed by atoms with Gasteiger partial charge in [0.25, 0.3) is 0 Å². The van der Waals surface area contributed by atoms with Crippen LogP contribution in [0.15, 0.2) is 17.4 Å². The Morgan fingerprint density at radius 3 is 2.75 bits per heavy atom. The van der Waals surface area contributed by atoms with Crippen LogP contribution in [0.4, 0.5) is 0 Å². The molecule has 0 saturated carbocycles. The molecule has 1 N–H and O–H groups in total. The molecular weight excluding hydrogens is 276 g/mol. The van der Waals surface area contributed by atoms with E-state index in [0.29, 0.717) is 16.5 Å². The number of thioether (sulfide) groups is 1. The fourth-order valence-electron chi connectivity index (χ4n) is 1.91. The van der Waals surface area contributed by atoms with Gasteiger partial charge < -0.3 is 9.67 Å². The van der Waals surface area contributed by atoms with Crippen LogP contribution < -0.4 is 0 Å². The van der Waals surface area contributed by atoms with Crippen LogP contribution in [0, 0.1) is 13.8 Å². The third-order valence-corrected chi connectivity index (χ3v) is 3.84. The van der Waals surface area contributed by atoms with Gasteiger partial charge in [0.05, 0.1) is 5.69 Å². The van der Waals surface area contributed by atoms with Gasteiger partial charge in [0.15, 0.2) is 0 Å². The summed E-state index contributed by atoms with van der Waals surface area (Å²) in [5.74, 6) is 1.30. The quantitative estimate of drug-likeness (QED) is 0.669. The Kier molecular flexibility index (Phi) is 4.39. The zero-order chi connectivity index (χ0) is 14.7. The lowest BCUT2D eigenvalue weighted by Gasteiger charge is -2.08. The molecule has 0 aliphatic rings. The minimum Gasteiger partial charge on any atom is -0.478 e. The first-order valence-electron chi connectivity index (χ1n) is 6.16. The number of imidazole rings is 1. The van der Waals surface area contributed by atoms with Crippen LogP contribution >= 0.6 is 11.8 Å². The summed E-state index contributed by atoms with van der Waals surface area (Å²) >= 11 is 1.43. The SMILES string of the molecule is Cc1nc(C)c(C(=O)O)c(SCCc2nccn2C)n1. The van der Waals surface area contributed by atoms with E-state index in [1.807, 2.05) is 17.8 Å². The van der Waals surface area contributed by atoms with Crippen molar-refractivity contribution in [2.45, 2.75) is 25.3 Å². The molecule has 2 rings (SSSR count). The van der Waals surface area contributed by atoms with E-state index < -0.39 is 5.97 Å². The van der Waals surface area contributed by atoms with Gasteiger partial charge in [0, 0.05) is 31.6 Å². The van der Waals surface area contributed by atoms with Crippen molar-refractivity contribution in [3.8, 4) is 0 Å². The summed E-state index contributed by atoms with van der Waals surface area (Å²) in [5.41, 5.74) is 0.699. The van der Waals surface area contributed by atoms with Crippen LogP contribution in [-0.2, 0) is 13.5 Å². The van der Waals surface area contributed by atoms with Crippen LogP contribution in [0.25, 0.3) is 0 Å². The number of aromatic carboxylic acids is 1. The molecule has 2 aromatic rings. The number of carboxylic acid groups (broad SMARTS) is 1. The van der Waals surface area contributed by atoms with E-state index in [-0.39, 0.29) is 5.56 Å². The van der Waals surface area contributed by atoms with E-state index in [9.17, 15) is 9.90 Å². The molecule has 0 amide bonds. The van der Waals surface area contributed by atoms with E-state index in [2.05, 4.69) is 15.0 Å². The predicted octanol–water partition coefficient (Wildman–Crippen LogP) is 1.86. The van der Waals surface area contributed by atoms with E-state index in [0.717, 1.165) is 18.0 Å². The Hall–Kier alpha value is -1.89. The smallest absolute Gasteiger partial charge is 0.340 e. The van der Waals surface area contributed by atoms with Crippen LogP contribution in [0.2, 0.25) is 0 Å². The van der Waals surface area contributed by atoms with E-state index >= 15 is 0 Å². The Morgan fingerprint density at radius 1 is 1.40 bits per heavy atom. The highest BCUT2D eigenvalue weighted by molar-refractivity contribution is 7.99. The molecule has 0 bridgehead atoms. The Bertz CT molecular complexity index is 639. The van der Waals surface area contributed by atoms with Gasteiger partial charge in [-0.15, -0.1) is 11.8 Å². The van der Waals surface area contributed by atoms with Crippen molar-refractivity contribution in [2.75, 3.05) is 5.75 Å². The average Bonchev–Trinajstić information content (AvgIpc) is 2.73. The fraction of sp³-hybridized carbons (Fsp3) is 0.385. The van der Waals surface area contributed by atoms with E-state index in [1.165, 1.54) is 11.8 Å². The fourth-order valence-corrected chi connectivity index (χ4v) is 2.96. The number of nitrogens with zero attached hydrogens (tertiary/aromatic N) is 4. The number of aromatic nitrogens is 4. The highest BCUT2D eigenvalue weighted by Crippen LogP contribution is 2.23. The summed E-state index contributed by atoms with van der Waals surface area (Å²) in [6, 6.07) is 0. The molecule has 7 heteroatoms. The summed E-state index contributed by atoms with van der Waals surface area (Å²) in [6.45, 7) is 3.46. The number of aryl methyl sites for hydroxylation is 4. The first-order valence-corrected chi connectivity index (χ1v) is 7.15. The minimum atomic E-state index is -0.984. The molecule has 0 aliphatic carbocycles. The van der Waals surface area contributed by atoms with Gasteiger partial charge in [-0.1, -0.05) is 0 Å². The third-order valence-electron chi connectivity index (χ3n) is 2.87. The molecule has 2 heterocycles. The molecule has 0 spiro atoms. The maximum absolute atomic E-state index is 11.3. The van der Waals surface area contributed by atoms with Crippen molar-refractivity contribution < 1.29 is 9.90 Å². The van der Waals surface area contributed by atoms with Gasteiger partial charge in [-0.05, 0) is 13.8 Å². The lowest BCUT2D eigenvalue weighted by atomic mass is 10.2. The van der Waals surface area contributed by atoms with Gasteiger partial charge in [-0.3, -0.25) is 0 Å². The monoisotopic (exact) mass is 292 g/mol. The van der Waals surface area contributed by atoms with Crippen LogP contribution in [0.3, 0.4) is 0 Å². The van der Waals surface area contributed by atoms with Gasteiger partial charge in [0.1, 0.15) is 22.2 Å². The number of rotatable bonds is 5. The molecule has 6 nitrogen and oxygen atoms in total. The zero-order valence-corrected chi connectivity index (χ0v) is 12.4. The van der Waals surface area contributed by atoms with Crippen molar-refractivity contribution in [3.05, 3.63) is 35.3 Å². The van der Waals surface area contributed by atoms with Crippen molar-refractivity contribution in [1.82, 2.24) is 19.5 Å². The van der Waals surface area contributed by atoms with Crippen LogP contribution in [0.5, 0.6) is 0 Å². The molecule has 0 fully saturated rings. The second kappa shape index (κ2) is 6.04. The van der Waals surface area contributed by atoms with Gasteiger partial charge in [-0.25, -0.2) is 19.7 Å². The first-order chi connectivity index (χ1) is 9.49. The summed E-state index contributed by atoms with van der Waals surface area (Å²) in [5, 5.41) is 9.78. The lowest BCUT2D eigenvalue weighted by molar-refractivity contribution is 0.0690. The predicted molar refractivity (Wildman–Crippen MR) is 76.1 cm³/mol. The molecule has 106 valence electrons. The second-order valence-electron chi connectivity index (χ2n) is 4.39. The first kappa shape index (κ1) is 14.5. The maximum Gasteiger partial charge on any atom is 0.340 e. The average molecular weight is 292 g/mol. The minimum absolute atomic E-state index is 0.195.